The van der Waals surface area contributed by atoms with Crippen LogP contribution in [-0.4, -0.2) is 22.7 Å². The number of aliphatic imine (C=N–C) groups is 1. The fraction of sp³-hybridized carbons (Fsp3) is 0.227. The van der Waals surface area contributed by atoms with Gasteiger partial charge in [-0.3, -0.25) is 9.98 Å². The minimum atomic E-state index is 0.433. The number of halogens is 1. The zero-order chi connectivity index (χ0) is 19.2. The molecular weight excluding hydrogens is 356 g/mol. The number of allylic oxidation sites excluding steroid dienone is 1. The lowest BCUT2D eigenvalue weighted by Crippen LogP contribution is -1.99. The first-order valence-corrected chi connectivity index (χ1v) is 9.40. The summed E-state index contributed by atoms with van der Waals surface area (Å²) in [6.45, 7) is 5.14. The highest BCUT2D eigenvalue weighted by Gasteiger charge is 2.12. The molecule has 0 radical (unpaired) electrons. The molecule has 0 amide bonds. The number of pyridine rings is 2. The van der Waals surface area contributed by atoms with Crippen molar-refractivity contribution in [2.45, 2.75) is 20.3 Å². The van der Waals surface area contributed by atoms with E-state index in [0.717, 1.165) is 46.3 Å². The van der Waals surface area contributed by atoms with Crippen LogP contribution in [0.4, 0.5) is 0 Å². The Morgan fingerprint density at radius 2 is 2.07 bits per heavy atom. The molecule has 5 heteroatoms. The van der Waals surface area contributed by atoms with E-state index >= 15 is 0 Å². The van der Waals surface area contributed by atoms with Crippen molar-refractivity contribution >= 4 is 34.3 Å². The second-order valence-electron chi connectivity index (χ2n) is 6.78. The van der Waals surface area contributed by atoms with Gasteiger partial charge in [0.25, 0.3) is 0 Å². The third kappa shape index (κ3) is 4.72. The quantitative estimate of drug-likeness (QED) is 0.463. The van der Waals surface area contributed by atoms with Gasteiger partial charge in [-0.1, -0.05) is 43.6 Å². The lowest BCUT2D eigenvalue weighted by molar-refractivity contribution is 0.598. The van der Waals surface area contributed by atoms with Gasteiger partial charge in [0.2, 0.25) is 0 Å². The molecule has 2 aromatic heterocycles. The molecule has 2 heterocycles. The van der Waals surface area contributed by atoms with Gasteiger partial charge >= 0.3 is 0 Å². The molecule has 3 aromatic rings. The Bertz CT molecular complexity index is 993. The van der Waals surface area contributed by atoms with Crippen LogP contribution in [0, 0.1) is 5.92 Å². The number of fused-ring (bicyclic) bond motifs is 1. The highest BCUT2D eigenvalue weighted by Crippen LogP contribution is 2.29. The summed E-state index contributed by atoms with van der Waals surface area (Å²) in [6, 6.07) is 13.7. The first-order valence-electron chi connectivity index (χ1n) is 9.02. The fourth-order valence-corrected chi connectivity index (χ4v) is 2.95. The van der Waals surface area contributed by atoms with Crippen LogP contribution in [0.15, 0.2) is 59.9 Å². The summed E-state index contributed by atoms with van der Waals surface area (Å²) in [5.74, 6) is 0.616. The number of nitrogens with zero attached hydrogens (tertiary/aromatic N) is 3. The van der Waals surface area contributed by atoms with Gasteiger partial charge in [0.15, 0.2) is 0 Å². The normalized spacial score (nSPS) is 12.4. The molecule has 0 spiro atoms. The lowest BCUT2D eigenvalue weighted by Gasteiger charge is -2.11. The molecule has 27 heavy (non-hydrogen) atoms. The van der Waals surface area contributed by atoms with Gasteiger partial charge < -0.3 is 5.73 Å². The Morgan fingerprint density at radius 3 is 2.85 bits per heavy atom. The Labute approximate surface area is 164 Å². The van der Waals surface area contributed by atoms with E-state index in [1.165, 1.54) is 0 Å². The van der Waals surface area contributed by atoms with Gasteiger partial charge in [-0.25, -0.2) is 4.98 Å². The molecule has 138 valence electrons. The first kappa shape index (κ1) is 19.1. The van der Waals surface area contributed by atoms with Crippen LogP contribution in [0.25, 0.3) is 27.7 Å². The van der Waals surface area contributed by atoms with E-state index in [1.807, 2.05) is 42.6 Å². The number of hydrogen-bond donors (Lipinski definition) is 1. The van der Waals surface area contributed by atoms with Crippen LogP contribution in [-0.2, 0) is 0 Å². The van der Waals surface area contributed by atoms with E-state index in [2.05, 4.69) is 28.8 Å². The average Bonchev–Trinajstić information content (AvgIpc) is 2.68. The predicted molar refractivity (Wildman–Crippen MR) is 115 cm³/mol. The number of nitrogens with two attached hydrogens (primary N) is 1. The summed E-state index contributed by atoms with van der Waals surface area (Å²) in [4.78, 5) is 13.5. The number of hydrogen-bond acceptors (Lipinski definition) is 4. The summed E-state index contributed by atoms with van der Waals surface area (Å²) in [5.41, 5.74) is 10.2. The lowest BCUT2D eigenvalue weighted by atomic mass is 9.99. The molecular formula is C22H23ClN4. The third-order valence-electron chi connectivity index (χ3n) is 4.30. The number of benzene rings is 1. The molecule has 0 saturated heterocycles. The van der Waals surface area contributed by atoms with Gasteiger partial charge in [-0.15, -0.1) is 0 Å². The van der Waals surface area contributed by atoms with E-state index in [-0.39, 0.29) is 0 Å². The maximum absolute atomic E-state index is 6.18. The predicted octanol–water partition coefficient (Wildman–Crippen LogP) is 5.37. The number of aromatic nitrogens is 2. The maximum atomic E-state index is 6.18. The molecule has 1 aromatic carbocycles. The summed E-state index contributed by atoms with van der Waals surface area (Å²) in [7, 11) is 0. The zero-order valence-electron chi connectivity index (χ0n) is 15.6. The SMILES string of the molecule is CC(C)CCN=C/C(=C\N)c1ccc(Cl)nc1-c1ccc2cccnc2c1. The Kier molecular flexibility index (Phi) is 6.20. The maximum Gasteiger partial charge on any atom is 0.129 e. The Balaban J connectivity index is 2.01. The Hall–Kier alpha value is -2.72. The molecule has 0 aliphatic rings. The van der Waals surface area contributed by atoms with Crippen LogP contribution < -0.4 is 5.73 Å². The van der Waals surface area contributed by atoms with Crippen LogP contribution in [0.5, 0.6) is 0 Å². The van der Waals surface area contributed by atoms with Crippen molar-refractivity contribution in [3.63, 3.8) is 0 Å². The monoisotopic (exact) mass is 378 g/mol. The Morgan fingerprint density at radius 1 is 1.22 bits per heavy atom. The molecule has 3 rings (SSSR count). The van der Waals surface area contributed by atoms with Gasteiger partial charge in [0.05, 0.1) is 11.2 Å². The second kappa shape index (κ2) is 8.78. The molecule has 0 bridgehead atoms. The third-order valence-corrected chi connectivity index (χ3v) is 4.51. The van der Waals surface area contributed by atoms with Crippen molar-refractivity contribution in [3.05, 3.63) is 65.6 Å². The van der Waals surface area contributed by atoms with E-state index in [4.69, 9.17) is 17.3 Å². The van der Waals surface area contributed by atoms with Crippen molar-refractivity contribution in [1.82, 2.24) is 9.97 Å². The van der Waals surface area contributed by atoms with E-state index < -0.39 is 0 Å². The fourth-order valence-electron chi connectivity index (χ4n) is 2.80. The zero-order valence-corrected chi connectivity index (χ0v) is 16.3. The molecule has 2 N–H and O–H groups in total. The summed E-state index contributed by atoms with van der Waals surface area (Å²) in [5, 5.41) is 1.51. The van der Waals surface area contributed by atoms with Gasteiger partial charge in [0.1, 0.15) is 5.15 Å². The topological polar surface area (TPSA) is 64.2 Å². The molecule has 4 nitrogen and oxygen atoms in total. The standard InChI is InChI=1S/C22H23ClN4/c1-15(2)9-11-25-14-18(13-24)19-7-8-21(23)27-22(19)17-6-5-16-4-3-10-26-20(16)12-17/h3-8,10,12-15H,9,11,24H2,1-2H3/b18-13+,25-14?. The molecule has 0 aliphatic carbocycles. The van der Waals surface area contributed by atoms with Gasteiger partial charge in [0, 0.05) is 47.2 Å². The van der Waals surface area contributed by atoms with E-state index in [9.17, 15) is 0 Å². The number of rotatable bonds is 6. The van der Waals surface area contributed by atoms with Crippen LogP contribution >= 0.6 is 11.6 Å². The molecule has 0 fully saturated rings. The van der Waals surface area contributed by atoms with Crippen molar-refractivity contribution in [3.8, 4) is 11.3 Å². The van der Waals surface area contributed by atoms with Crippen molar-refractivity contribution in [1.29, 1.82) is 0 Å². The van der Waals surface area contributed by atoms with Crippen LogP contribution in [0.2, 0.25) is 5.15 Å². The van der Waals surface area contributed by atoms with Crippen molar-refractivity contribution in [2.24, 2.45) is 16.6 Å². The molecule has 0 saturated carbocycles. The summed E-state index contributed by atoms with van der Waals surface area (Å²) in [6.07, 6.45) is 6.20. The van der Waals surface area contributed by atoms with Crippen LogP contribution in [0.3, 0.4) is 0 Å². The molecule has 0 atom stereocenters. The van der Waals surface area contributed by atoms with E-state index in [1.54, 1.807) is 18.5 Å². The highest BCUT2D eigenvalue weighted by molar-refractivity contribution is 6.29. The first-order chi connectivity index (χ1) is 13.1. The largest absolute Gasteiger partial charge is 0.404 e. The van der Waals surface area contributed by atoms with Gasteiger partial charge in [-0.05, 0) is 36.6 Å². The van der Waals surface area contributed by atoms with Crippen LogP contribution in [0.1, 0.15) is 25.8 Å². The second-order valence-corrected chi connectivity index (χ2v) is 7.17. The minimum absolute atomic E-state index is 0.433. The smallest absolute Gasteiger partial charge is 0.129 e. The summed E-state index contributed by atoms with van der Waals surface area (Å²) >= 11 is 6.18. The van der Waals surface area contributed by atoms with E-state index in [0.29, 0.717) is 11.1 Å². The average molecular weight is 379 g/mol. The molecule has 0 aliphatic heterocycles. The molecule has 0 unspecified atom stereocenters. The van der Waals surface area contributed by atoms with Crippen molar-refractivity contribution < 1.29 is 0 Å². The summed E-state index contributed by atoms with van der Waals surface area (Å²) < 4.78 is 0. The van der Waals surface area contributed by atoms with Crippen molar-refractivity contribution in [2.75, 3.05) is 6.54 Å². The van der Waals surface area contributed by atoms with Gasteiger partial charge in [-0.2, -0.15) is 0 Å². The highest BCUT2D eigenvalue weighted by atomic mass is 35.5. The minimum Gasteiger partial charge on any atom is -0.404 e.